The van der Waals surface area contributed by atoms with E-state index in [4.69, 9.17) is 9.97 Å². The zero-order chi connectivity index (χ0) is 21.5. The van der Waals surface area contributed by atoms with Crippen LogP contribution < -0.4 is 5.32 Å². The summed E-state index contributed by atoms with van der Waals surface area (Å²) in [5, 5.41) is 8.78. The van der Waals surface area contributed by atoms with Crippen molar-refractivity contribution in [1.82, 2.24) is 29.3 Å². The van der Waals surface area contributed by atoms with Crippen molar-refractivity contribution >= 4 is 37.2 Å². The molecule has 0 saturated carbocycles. The van der Waals surface area contributed by atoms with E-state index in [0.29, 0.717) is 30.4 Å². The fourth-order valence-corrected chi connectivity index (χ4v) is 5.08. The van der Waals surface area contributed by atoms with E-state index in [1.165, 1.54) is 6.26 Å². The molecule has 4 heterocycles. The average molecular weight is 446 g/mol. The maximum Gasteiger partial charge on any atom is 0.199 e. The molecule has 30 heavy (non-hydrogen) atoms. The molecule has 0 atom stereocenters. The summed E-state index contributed by atoms with van der Waals surface area (Å²) >= 11 is 1.57. The van der Waals surface area contributed by atoms with Crippen LogP contribution in [0.3, 0.4) is 0 Å². The molecule has 0 aliphatic heterocycles. The summed E-state index contributed by atoms with van der Waals surface area (Å²) < 4.78 is 26.5. The van der Waals surface area contributed by atoms with Crippen LogP contribution >= 0.6 is 11.3 Å². The van der Waals surface area contributed by atoms with Crippen molar-refractivity contribution in [3.63, 3.8) is 0 Å². The number of hydrogen-bond acceptors (Lipinski definition) is 8. The largest absolute Gasteiger partial charge is 0.369 e. The van der Waals surface area contributed by atoms with Gasteiger partial charge in [-0.3, -0.25) is 4.68 Å². The standard InChI is InChI=1S/C19H23N7O2S2/c1-12-14-16(20-7-5-11-30(4,27)28)22-17(18-21-8-10-25(18)2)23-19(14)29-15(12)13-6-9-26(3)24-13/h6,8-10H,5,7,11H2,1-4H3,(H,20,22,23). The number of thiophene rings is 1. The van der Waals surface area contributed by atoms with Gasteiger partial charge in [-0.1, -0.05) is 0 Å². The average Bonchev–Trinajstić information content (AvgIpc) is 3.37. The van der Waals surface area contributed by atoms with Crippen molar-refractivity contribution in [2.24, 2.45) is 14.1 Å². The number of nitrogens with zero attached hydrogens (tertiary/aromatic N) is 6. The molecule has 0 unspecified atom stereocenters. The topological polar surface area (TPSA) is 108 Å². The van der Waals surface area contributed by atoms with Gasteiger partial charge in [-0.2, -0.15) is 5.10 Å². The van der Waals surface area contributed by atoms with Crippen LogP contribution in [0.1, 0.15) is 12.0 Å². The maximum absolute atomic E-state index is 11.4. The number of imidazole rings is 1. The van der Waals surface area contributed by atoms with E-state index in [1.807, 2.05) is 44.0 Å². The molecule has 0 saturated heterocycles. The minimum Gasteiger partial charge on any atom is -0.369 e. The molecule has 4 aromatic rings. The number of sulfone groups is 1. The molecule has 0 fully saturated rings. The fourth-order valence-electron chi connectivity index (χ4n) is 3.27. The lowest BCUT2D eigenvalue weighted by Gasteiger charge is -2.09. The van der Waals surface area contributed by atoms with Gasteiger partial charge in [0.2, 0.25) is 0 Å². The van der Waals surface area contributed by atoms with Gasteiger partial charge in [-0.15, -0.1) is 11.3 Å². The third-order valence-electron chi connectivity index (χ3n) is 4.74. The molecular formula is C19H23N7O2S2. The zero-order valence-electron chi connectivity index (χ0n) is 17.2. The Morgan fingerprint density at radius 3 is 2.63 bits per heavy atom. The predicted octanol–water partition coefficient (Wildman–Crippen LogP) is 2.65. The highest BCUT2D eigenvalue weighted by atomic mass is 32.2. The van der Waals surface area contributed by atoms with E-state index in [9.17, 15) is 8.42 Å². The molecule has 0 spiro atoms. The second-order valence-corrected chi connectivity index (χ2v) is 10.5. The number of anilines is 1. The summed E-state index contributed by atoms with van der Waals surface area (Å²) in [5.41, 5.74) is 1.94. The van der Waals surface area contributed by atoms with Crippen LogP contribution in [0.15, 0.2) is 24.7 Å². The van der Waals surface area contributed by atoms with Crippen LogP contribution in [-0.4, -0.2) is 56.3 Å². The van der Waals surface area contributed by atoms with Crippen molar-refractivity contribution in [1.29, 1.82) is 0 Å². The molecule has 0 radical (unpaired) electrons. The first-order chi connectivity index (χ1) is 14.2. The molecule has 0 amide bonds. The van der Waals surface area contributed by atoms with Crippen LogP contribution in [0.5, 0.6) is 0 Å². The van der Waals surface area contributed by atoms with E-state index in [1.54, 1.807) is 22.2 Å². The third kappa shape index (κ3) is 4.08. The van der Waals surface area contributed by atoms with Crippen LogP contribution in [0.2, 0.25) is 0 Å². The Balaban J connectivity index is 1.79. The number of fused-ring (bicyclic) bond motifs is 1. The van der Waals surface area contributed by atoms with Crippen LogP contribution in [0, 0.1) is 6.92 Å². The predicted molar refractivity (Wildman–Crippen MR) is 119 cm³/mol. The summed E-state index contributed by atoms with van der Waals surface area (Å²) in [7, 11) is 0.783. The first-order valence-corrected chi connectivity index (χ1v) is 12.3. The van der Waals surface area contributed by atoms with Gasteiger partial charge in [-0.25, -0.2) is 23.4 Å². The molecule has 11 heteroatoms. The summed E-state index contributed by atoms with van der Waals surface area (Å²) in [6.45, 7) is 2.53. The van der Waals surface area contributed by atoms with Crippen molar-refractivity contribution in [2.45, 2.75) is 13.3 Å². The Morgan fingerprint density at radius 1 is 1.20 bits per heavy atom. The highest BCUT2D eigenvalue weighted by molar-refractivity contribution is 7.90. The highest BCUT2D eigenvalue weighted by Crippen LogP contribution is 2.40. The summed E-state index contributed by atoms with van der Waals surface area (Å²) in [5.74, 6) is 2.00. The van der Waals surface area contributed by atoms with Crippen molar-refractivity contribution in [3.8, 4) is 22.2 Å². The van der Waals surface area contributed by atoms with Gasteiger partial charge in [-0.05, 0) is 25.0 Å². The number of hydrogen-bond donors (Lipinski definition) is 1. The van der Waals surface area contributed by atoms with Crippen molar-refractivity contribution in [2.75, 3.05) is 23.9 Å². The van der Waals surface area contributed by atoms with Gasteiger partial charge < -0.3 is 9.88 Å². The van der Waals surface area contributed by atoms with Crippen molar-refractivity contribution in [3.05, 3.63) is 30.2 Å². The second kappa shape index (κ2) is 7.80. The summed E-state index contributed by atoms with van der Waals surface area (Å²) in [6, 6.07) is 1.98. The summed E-state index contributed by atoms with van der Waals surface area (Å²) in [6.07, 6.45) is 7.21. The van der Waals surface area contributed by atoms with Gasteiger partial charge in [0, 0.05) is 45.5 Å². The van der Waals surface area contributed by atoms with Crippen molar-refractivity contribution < 1.29 is 8.42 Å². The molecule has 0 aliphatic rings. The van der Waals surface area contributed by atoms with Crippen LogP contribution in [0.4, 0.5) is 5.82 Å². The van der Waals surface area contributed by atoms with Gasteiger partial charge in [0.05, 0.1) is 16.0 Å². The Kier molecular flexibility index (Phi) is 5.33. The lowest BCUT2D eigenvalue weighted by atomic mass is 10.1. The Bertz CT molecular complexity index is 1320. The number of rotatable bonds is 7. The Morgan fingerprint density at radius 2 is 2.00 bits per heavy atom. The minimum absolute atomic E-state index is 0.127. The highest BCUT2D eigenvalue weighted by Gasteiger charge is 2.20. The van der Waals surface area contributed by atoms with Gasteiger partial charge >= 0.3 is 0 Å². The van der Waals surface area contributed by atoms with Crippen LogP contribution in [-0.2, 0) is 23.9 Å². The monoisotopic (exact) mass is 445 g/mol. The molecule has 9 nitrogen and oxygen atoms in total. The second-order valence-electron chi connectivity index (χ2n) is 7.28. The summed E-state index contributed by atoms with van der Waals surface area (Å²) in [4.78, 5) is 15.8. The van der Waals surface area contributed by atoms with Gasteiger partial charge in [0.25, 0.3) is 0 Å². The first-order valence-electron chi connectivity index (χ1n) is 9.43. The fraction of sp³-hybridized carbons (Fsp3) is 0.368. The number of aromatic nitrogens is 6. The molecule has 0 bridgehead atoms. The Labute approximate surface area is 178 Å². The molecule has 0 aromatic carbocycles. The molecule has 4 aromatic heterocycles. The van der Waals surface area contributed by atoms with E-state index in [0.717, 1.165) is 26.4 Å². The van der Waals surface area contributed by atoms with E-state index < -0.39 is 9.84 Å². The first kappa shape index (κ1) is 20.5. The van der Waals surface area contributed by atoms with E-state index >= 15 is 0 Å². The molecule has 0 aliphatic carbocycles. The third-order valence-corrected chi connectivity index (χ3v) is 6.98. The Hall–Kier alpha value is -2.79. The number of nitrogens with one attached hydrogen (secondary N) is 1. The SMILES string of the molecule is Cc1c(-c2ccn(C)n2)sc2nc(-c3nccn3C)nc(NCCCS(C)(=O)=O)c12. The van der Waals surface area contributed by atoms with Gasteiger partial charge in [0.1, 0.15) is 26.2 Å². The zero-order valence-corrected chi connectivity index (χ0v) is 18.9. The van der Waals surface area contributed by atoms with E-state index in [-0.39, 0.29) is 5.75 Å². The quantitative estimate of drug-likeness (QED) is 0.436. The minimum atomic E-state index is -3.00. The molecule has 1 N–H and O–H groups in total. The maximum atomic E-state index is 11.4. The molecule has 4 rings (SSSR count). The number of aryl methyl sites for hydroxylation is 3. The lowest BCUT2D eigenvalue weighted by Crippen LogP contribution is -2.11. The molecule has 158 valence electrons. The van der Waals surface area contributed by atoms with Gasteiger partial charge in [0.15, 0.2) is 11.6 Å². The van der Waals surface area contributed by atoms with E-state index in [2.05, 4.69) is 15.4 Å². The van der Waals surface area contributed by atoms with Crippen LogP contribution in [0.25, 0.3) is 32.4 Å². The lowest BCUT2D eigenvalue weighted by molar-refractivity contribution is 0.600. The molecular weight excluding hydrogens is 422 g/mol. The normalized spacial score (nSPS) is 12.0. The smallest absolute Gasteiger partial charge is 0.199 e.